The van der Waals surface area contributed by atoms with E-state index in [1.165, 1.54) is 19.3 Å². The van der Waals surface area contributed by atoms with Crippen LogP contribution in [-0.4, -0.2) is 12.1 Å². The van der Waals surface area contributed by atoms with Gasteiger partial charge in [0.05, 0.1) is 0 Å². The highest BCUT2D eigenvalue weighted by Crippen LogP contribution is 2.54. The molecule has 5 aliphatic rings. The fourth-order valence-corrected chi connectivity index (χ4v) is 6.21. The molecule has 0 aromatic heterocycles. The van der Waals surface area contributed by atoms with E-state index in [1.54, 1.807) is 32.1 Å². The Balaban J connectivity index is 1.45. The van der Waals surface area contributed by atoms with Gasteiger partial charge in [-0.05, 0) is 80.5 Å². The monoisotopic (exact) mass is 261 g/mol. The highest BCUT2D eigenvalue weighted by Gasteiger charge is 2.48. The zero-order chi connectivity index (χ0) is 13.0. The zero-order valence-corrected chi connectivity index (χ0v) is 12.8. The molecule has 1 nitrogen and oxygen atoms in total. The van der Waals surface area contributed by atoms with Crippen LogP contribution in [0.3, 0.4) is 0 Å². The Kier molecular flexibility index (Phi) is 3.17. The third-order valence-electron chi connectivity index (χ3n) is 7.09. The van der Waals surface area contributed by atoms with Gasteiger partial charge in [-0.1, -0.05) is 20.3 Å². The van der Waals surface area contributed by atoms with Gasteiger partial charge in [0.25, 0.3) is 0 Å². The molecule has 0 amide bonds. The maximum atomic E-state index is 4.18. The highest BCUT2D eigenvalue weighted by atomic mass is 15.0. The van der Waals surface area contributed by atoms with E-state index in [4.69, 9.17) is 0 Å². The van der Waals surface area contributed by atoms with Crippen LogP contribution in [0.25, 0.3) is 0 Å². The van der Waals surface area contributed by atoms with Gasteiger partial charge in [-0.2, -0.15) is 0 Å². The molecule has 1 N–H and O–H groups in total. The van der Waals surface area contributed by atoms with Gasteiger partial charge >= 0.3 is 0 Å². The average molecular weight is 261 g/mol. The van der Waals surface area contributed by atoms with Crippen molar-refractivity contribution in [3.05, 3.63) is 0 Å². The van der Waals surface area contributed by atoms with Crippen molar-refractivity contribution >= 4 is 0 Å². The third-order valence-corrected chi connectivity index (χ3v) is 7.09. The molecule has 108 valence electrons. The Morgan fingerprint density at radius 3 is 2.00 bits per heavy atom. The summed E-state index contributed by atoms with van der Waals surface area (Å²) >= 11 is 0. The summed E-state index contributed by atoms with van der Waals surface area (Å²) < 4.78 is 0. The predicted molar refractivity (Wildman–Crippen MR) is 79.9 cm³/mol. The Hall–Kier alpha value is -0.0400. The average Bonchev–Trinajstić information content (AvgIpc) is 2.37. The second-order valence-electron chi connectivity index (χ2n) is 8.63. The molecule has 5 rings (SSSR count). The minimum Gasteiger partial charge on any atom is -0.310 e. The van der Waals surface area contributed by atoms with Crippen molar-refractivity contribution in [3.8, 4) is 0 Å². The van der Waals surface area contributed by atoms with Crippen molar-refractivity contribution in [3.63, 3.8) is 0 Å². The summed E-state index contributed by atoms with van der Waals surface area (Å²) in [6.45, 7) is 4.94. The first-order valence-electron chi connectivity index (χ1n) is 8.95. The summed E-state index contributed by atoms with van der Waals surface area (Å²) in [7, 11) is 0. The molecule has 0 saturated heterocycles. The van der Waals surface area contributed by atoms with Crippen LogP contribution in [0.5, 0.6) is 0 Å². The Morgan fingerprint density at radius 2 is 1.37 bits per heavy atom. The molecule has 19 heavy (non-hydrogen) atoms. The largest absolute Gasteiger partial charge is 0.310 e. The van der Waals surface area contributed by atoms with Crippen molar-refractivity contribution in [2.24, 2.45) is 35.5 Å². The summed E-state index contributed by atoms with van der Waals surface area (Å²) in [5.41, 5.74) is 0. The number of nitrogens with one attached hydrogen (secondary N) is 1. The maximum absolute atomic E-state index is 4.18. The Morgan fingerprint density at radius 1 is 0.737 bits per heavy atom. The lowest BCUT2D eigenvalue weighted by atomic mass is 9.54. The van der Waals surface area contributed by atoms with Gasteiger partial charge < -0.3 is 5.32 Å². The van der Waals surface area contributed by atoms with E-state index < -0.39 is 0 Å². The van der Waals surface area contributed by atoms with Crippen LogP contribution < -0.4 is 5.32 Å². The standard InChI is InChI=1S/C18H31N/c1-11-3-4-12(2)17(5-11)19-18-15-7-13-6-14(9-15)10-16(18)8-13/h11-19H,3-10H2,1-2H3. The van der Waals surface area contributed by atoms with Crippen LogP contribution in [-0.2, 0) is 0 Å². The van der Waals surface area contributed by atoms with E-state index in [1.807, 2.05) is 0 Å². The van der Waals surface area contributed by atoms with Crippen molar-refractivity contribution in [2.75, 3.05) is 0 Å². The summed E-state index contributed by atoms with van der Waals surface area (Å²) in [5.74, 6) is 6.17. The van der Waals surface area contributed by atoms with E-state index in [2.05, 4.69) is 19.2 Å². The quantitative estimate of drug-likeness (QED) is 0.784. The smallest absolute Gasteiger partial charge is 0.0127 e. The molecule has 1 heteroatoms. The summed E-state index contributed by atoms with van der Waals surface area (Å²) in [4.78, 5) is 0. The van der Waals surface area contributed by atoms with Crippen LogP contribution in [0.4, 0.5) is 0 Å². The molecule has 0 aromatic rings. The van der Waals surface area contributed by atoms with Crippen molar-refractivity contribution < 1.29 is 0 Å². The molecule has 3 atom stereocenters. The molecule has 5 saturated carbocycles. The first kappa shape index (κ1) is 12.7. The normalized spacial score (nSPS) is 56.5. The van der Waals surface area contributed by atoms with Gasteiger partial charge in [0, 0.05) is 12.1 Å². The van der Waals surface area contributed by atoms with Crippen LogP contribution in [0.15, 0.2) is 0 Å². The lowest BCUT2D eigenvalue weighted by Gasteiger charge is -2.56. The van der Waals surface area contributed by atoms with Crippen LogP contribution in [0, 0.1) is 35.5 Å². The van der Waals surface area contributed by atoms with Gasteiger partial charge in [0.2, 0.25) is 0 Å². The Bertz CT molecular complexity index is 309. The summed E-state index contributed by atoms with van der Waals surface area (Å²) in [5, 5.41) is 4.18. The van der Waals surface area contributed by atoms with E-state index in [9.17, 15) is 0 Å². The van der Waals surface area contributed by atoms with E-state index >= 15 is 0 Å². The molecule has 4 bridgehead atoms. The molecular weight excluding hydrogens is 230 g/mol. The van der Waals surface area contributed by atoms with Crippen molar-refractivity contribution in [1.82, 2.24) is 5.32 Å². The van der Waals surface area contributed by atoms with Gasteiger partial charge in [-0.15, -0.1) is 0 Å². The highest BCUT2D eigenvalue weighted by molar-refractivity contribution is 5.02. The molecule has 0 radical (unpaired) electrons. The summed E-state index contributed by atoms with van der Waals surface area (Å²) in [6.07, 6.45) is 12.2. The molecule has 5 fully saturated rings. The molecule has 0 aromatic carbocycles. The van der Waals surface area contributed by atoms with E-state index in [0.29, 0.717) is 0 Å². The van der Waals surface area contributed by atoms with Gasteiger partial charge in [0.15, 0.2) is 0 Å². The first-order chi connectivity index (χ1) is 9.19. The second kappa shape index (κ2) is 4.76. The van der Waals surface area contributed by atoms with Crippen LogP contribution >= 0.6 is 0 Å². The Labute approximate surface area is 118 Å². The molecule has 0 spiro atoms. The topological polar surface area (TPSA) is 12.0 Å². The molecule has 3 unspecified atom stereocenters. The predicted octanol–water partition coefficient (Wildman–Crippen LogP) is 4.23. The second-order valence-corrected chi connectivity index (χ2v) is 8.63. The number of hydrogen-bond donors (Lipinski definition) is 1. The fourth-order valence-electron chi connectivity index (χ4n) is 6.21. The van der Waals surface area contributed by atoms with Crippen molar-refractivity contribution in [1.29, 1.82) is 0 Å². The lowest BCUT2D eigenvalue weighted by Crippen LogP contribution is -2.58. The lowest BCUT2D eigenvalue weighted by molar-refractivity contribution is -0.0230. The van der Waals surface area contributed by atoms with Crippen molar-refractivity contribution in [2.45, 2.75) is 77.3 Å². The molecule has 5 aliphatic carbocycles. The minimum absolute atomic E-state index is 0.825. The fraction of sp³-hybridized carbons (Fsp3) is 1.00. The third kappa shape index (κ3) is 2.26. The maximum Gasteiger partial charge on any atom is 0.0127 e. The van der Waals surface area contributed by atoms with Gasteiger partial charge in [-0.25, -0.2) is 0 Å². The number of rotatable bonds is 2. The SMILES string of the molecule is CC1CCC(C)C(NC2C3CC4CC(C3)CC2C4)C1. The zero-order valence-electron chi connectivity index (χ0n) is 12.8. The minimum atomic E-state index is 0.825. The first-order valence-corrected chi connectivity index (χ1v) is 8.95. The van der Waals surface area contributed by atoms with Crippen LogP contribution in [0.2, 0.25) is 0 Å². The molecule has 0 heterocycles. The van der Waals surface area contributed by atoms with E-state index in [-0.39, 0.29) is 0 Å². The molecule has 0 aliphatic heterocycles. The van der Waals surface area contributed by atoms with Crippen LogP contribution in [0.1, 0.15) is 65.2 Å². The molecular formula is C18H31N. The van der Waals surface area contributed by atoms with Gasteiger partial charge in [-0.3, -0.25) is 0 Å². The van der Waals surface area contributed by atoms with E-state index in [0.717, 1.165) is 47.6 Å². The number of hydrogen-bond acceptors (Lipinski definition) is 1. The summed E-state index contributed by atoms with van der Waals surface area (Å²) in [6, 6.07) is 1.72. The van der Waals surface area contributed by atoms with Gasteiger partial charge in [0.1, 0.15) is 0 Å².